The van der Waals surface area contributed by atoms with Crippen molar-refractivity contribution >= 4 is 0 Å². The summed E-state index contributed by atoms with van der Waals surface area (Å²) in [6.45, 7) is 0.725. The fourth-order valence-electron chi connectivity index (χ4n) is 1.76. The Kier molecular flexibility index (Phi) is 1.56. The van der Waals surface area contributed by atoms with Gasteiger partial charge in [0.2, 0.25) is 0 Å². The maximum atomic E-state index is 5.63. The third-order valence-electron chi connectivity index (χ3n) is 2.43. The van der Waals surface area contributed by atoms with Crippen LogP contribution in [0.15, 0.2) is 36.5 Å². The molecule has 0 unspecified atom stereocenters. The van der Waals surface area contributed by atoms with Crippen LogP contribution < -0.4 is 4.74 Å². The van der Waals surface area contributed by atoms with Gasteiger partial charge in [0.05, 0.1) is 6.61 Å². The second-order valence-electron chi connectivity index (χ2n) is 3.30. The lowest BCUT2D eigenvalue weighted by Crippen LogP contribution is -2.00. The van der Waals surface area contributed by atoms with Gasteiger partial charge in [-0.05, 0) is 18.2 Å². The van der Waals surface area contributed by atoms with Gasteiger partial charge in [-0.1, -0.05) is 12.1 Å². The van der Waals surface area contributed by atoms with Gasteiger partial charge in [-0.2, -0.15) is 5.10 Å². The van der Waals surface area contributed by atoms with Crippen LogP contribution in [0.2, 0.25) is 0 Å². The van der Waals surface area contributed by atoms with Crippen molar-refractivity contribution in [2.75, 3.05) is 6.61 Å². The van der Waals surface area contributed by atoms with Crippen molar-refractivity contribution in [1.82, 2.24) is 9.78 Å². The number of benzene rings is 1. The summed E-state index contributed by atoms with van der Waals surface area (Å²) < 4.78 is 7.58. The van der Waals surface area contributed by atoms with Gasteiger partial charge in [0.15, 0.2) is 0 Å². The minimum absolute atomic E-state index is 0.725. The van der Waals surface area contributed by atoms with Crippen LogP contribution in [-0.2, 0) is 6.42 Å². The fourth-order valence-corrected chi connectivity index (χ4v) is 1.76. The number of para-hydroxylation sites is 2. The summed E-state index contributed by atoms with van der Waals surface area (Å²) in [4.78, 5) is 0. The Bertz CT molecular complexity index is 462. The van der Waals surface area contributed by atoms with Crippen LogP contribution in [0.25, 0.3) is 5.69 Å². The summed E-state index contributed by atoms with van der Waals surface area (Å²) in [6.07, 6.45) is 2.74. The zero-order valence-electron chi connectivity index (χ0n) is 7.68. The van der Waals surface area contributed by atoms with E-state index in [2.05, 4.69) is 5.10 Å². The van der Waals surface area contributed by atoms with Crippen LogP contribution in [0.4, 0.5) is 0 Å². The monoisotopic (exact) mass is 186 g/mol. The minimum Gasteiger partial charge on any atom is -0.491 e. The molecule has 2 aromatic rings. The molecule has 14 heavy (non-hydrogen) atoms. The first-order chi connectivity index (χ1) is 6.95. The van der Waals surface area contributed by atoms with Gasteiger partial charge in [0.1, 0.15) is 11.4 Å². The third-order valence-corrected chi connectivity index (χ3v) is 2.43. The number of rotatable bonds is 0. The maximum absolute atomic E-state index is 5.63. The van der Waals surface area contributed by atoms with Crippen LogP contribution in [0.1, 0.15) is 5.69 Å². The van der Waals surface area contributed by atoms with Gasteiger partial charge >= 0.3 is 0 Å². The second kappa shape index (κ2) is 2.87. The Morgan fingerprint density at radius 3 is 3.14 bits per heavy atom. The summed E-state index contributed by atoms with van der Waals surface area (Å²) >= 11 is 0. The molecule has 0 bridgehead atoms. The highest BCUT2D eigenvalue weighted by Gasteiger charge is 2.13. The van der Waals surface area contributed by atoms with Gasteiger partial charge in [-0.25, -0.2) is 4.68 Å². The fraction of sp³-hybridized carbons (Fsp3) is 0.182. The summed E-state index contributed by atoms with van der Waals surface area (Å²) in [6, 6.07) is 10.0. The number of nitrogens with zero attached hydrogens (tertiary/aromatic N) is 2. The van der Waals surface area contributed by atoms with Gasteiger partial charge in [-0.3, -0.25) is 0 Å². The van der Waals surface area contributed by atoms with Gasteiger partial charge < -0.3 is 4.74 Å². The smallest absolute Gasteiger partial charge is 0.144 e. The lowest BCUT2D eigenvalue weighted by molar-refractivity contribution is 0.326. The molecule has 3 rings (SSSR count). The lowest BCUT2D eigenvalue weighted by Gasteiger charge is -2.06. The Morgan fingerprint density at radius 2 is 2.14 bits per heavy atom. The highest BCUT2D eigenvalue weighted by atomic mass is 16.5. The van der Waals surface area contributed by atoms with Crippen LogP contribution in [0.3, 0.4) is 0 Å². The molecule has 0 saturated heterocycles. The van der Waals surface area contributed by atoms with E-state index in [0.717, 1.165) is 24.5 Å². The molecule has 0 radical (unpaired) electrons. The Morgan fingerprint density at radius 1 is 1.21 bits per heavy atom. The second-order valence-corrected chi connectivity index (χ2v) is 3.30. The first kappa shape index (κ1) is 7.62. The number of ether oxygens (including phenoxy) is 1. The Labute approximate surface area is 81.9 Å². The molecule has 0 aliphatic carbocycles. The van der Waals surface area contributed by atoms with E-state index in [-0.39, 0.29) is 0 Å². The molecule has 0 saturated carbocycles. The van der Waals surface area contributed by atoms with E-state index in [1.807, 2.05) is 41.2 Å². The van der Waals surface area contributed by atoms with E-state index in [9.17, 15) is 0 Å². The van der Waals surface area contributed by atoms with Crippen molar-refractivity contribution in [2.24, 2.45) is 0 Å². The number of aromatic nitrogens is 2. The van der Waals surface area contributed by atoms with Gasteiger partial charge in [0.25, 0.3) is 0 Å². The molecule has 3 heteroatoms. The molecular weight excluding hydrogens is 176 g/mol. The quantitative estimate of drug-likeness (QED) is 0.627. The minimum atomic E-state index is 0.725. The van der Waals surface area contributed by atoms with Crippen molar-refractivity contribution in [3.8, 4) is 11.4 Å². The zero-order chi connectivity index (χ0) is 9.38. The van der Waals surface area contributed by atoms with Crippen molar-refractivity contribution in [2.45, 2.75) is 6.42 Å². The molecule has 1 aliphatic rings. The van der Waals surface area contributed by atoms with E-state index in [1.165, 1.54) is 5.69 Å². The molecule has 70 valence electrons. The molecule has 1 aromatic heterocycles. The van der Waals surface area contributed by atoms with E-state index in [1.54, 1.807) is 0 Å². The predicted octanol–water partition coefficient (Wildman–Crippen LogP) is 1.81. The van der Waals surface area contributed by atoms with E-state index < -0.39 is 0 Å². The lowest BCUT2D eigenvalue weighted by atomic mass is 10.3. The van der Waals surface area contributed by atoms with Crippen molar-refractivity contribution < 1.29 is 4.74 Å². The zero-order valence-corrected chi connectivity index (χ0v) is 7.68. The predicted molar refractivity (Wildman–Crippen MR) is 52.8 cm³/mol. The molecule has 0 spiro atoms. The van der Waals surface area contributed by atoms with E-state index in [0.29, 0.717) is 0 Å². The molecule has 0 N–H and O–H groups in total. The molecule has 0 atom stereocenters. The van der Waals surface area contributed by atoms with E-state index in [4.69, 9.17) is 4.74 Å². The first-order valence-corrected chi connectivity index (χ1v) is 4.70. The highest BCUT2D eigenvalue weighted by molar-refractivity contribution is 5.47. The molecule has 2 heterocycles. The first-order valence-electron chi connectivity index (χ1n) is 4.70. The van der Waals surface area contributed by atoms with E-state index >= 15 is 0 Å². The standard InChI is InChI=1S/C11H10N2O/c1-2-4-11-10(3-1)13-9(5-7-12-13)6-8-14-11/h1-5,7H,6,8H2. The molecular formula is C11H10N2O. The Hall–Kier alpha value is -1.77. The largest absolute Gasteiger partial charge is 0.491 e. The van der Waals surface area contributed by atoms with Gasteiger partial charge in [0, 0.05) is 18.3 Å². The molecule has 0 fully saturated rings. The highest BCUT2D eigenvalue weighted by Crippen LogP contribution is 2.25. The third kappa shape index (κ3) is 1.02. The molecule has 0 amide bonds. The van der Waals surface area contributed by atoms with Crippen LogP contribution in [-0.4, -0.2) is 16.4 Å². The van der Waals surface area contributed by atoms with Gasteiger partial charge in [-0.15, -0.1) is 0 Å². The summed E-state index contributed by atoms with van der Waals surface area (Å²) in [5, 5.41) is 4.29. The normalized spacial score (nSPS) is 13.7. The van der Waals surface area contributed by atoms with Crippen molar-refractivity contribution in [3.63, 3.8) is 0 Å². The SMILES string of the molecule is c1ccc2c(c1)OCCc1ccnn1-2. The number of hydrogen-bond acceptors (Lipinski definition) is 2. The summed E-state index contributed by atoms with van der Waals surface area (Å²) in [5.41, 5.74) is 2.24. The summed E-state index contributed by atoms with van der Waals surface area (Å²) in [5.74, 6) is 0.912. The Balaban J connectivity index is 2.27. The molecule has 1 aliphatic heterocycles. The topological polar surface area (TPSA) is 27.1 Å². The average molecular weight is 186 g/mol. The average Bonchev–Trinajstić information content (AvgIpc) is 2.61. The number of fused-ring (bicyclic) bond motifs is 3. The van der Waals surface area contributed by atoms with Crippen LogP contribution in [0, 0.1) is 0 Å². The van der Waals surface area contributed by atoms with Crippen LogP contribution in [0.5, 0.6) is 5.75 Å². The maximum Gasteiger partial charge on any atom is 0.144 e. The van der Waals surface area contributed by atoms with Crippen molar-refractivity contribution in [1.29, 1.82) is 0 Å². The van der Waals surface area contributed by atoms with Crippen LogP contribution >= 0.6 is 0 Å². The molecule has 3 nitrogen and oxygen atoms in total. The number of hydrogen-bond donors (Lipinski definition) is 0. The molecule has 1 aromatic carbocycles. The van der Waals surface area contributed by atoms with Crippen molar-refractivity contribution in [3.05, 3.63) is 42.2 Å². The summed E-state index contributed by atoms with van der Waals surface area (Å²) in [7, 11) is 0.